The van der Waals surface area contributed by atoms with Gasteiger partial charge in [0.25, 0.3) is 0 Å². The first-order valence-electron chi connectivity index (χ1n) is 10.4. The normalized spacial score (nSPS) is 18.7. The molecule has 5 nitrogen and oxygen atoms in total. The van der Waals surface area contributed by atoms with Crippen molar-refractivity contribution in [1.82, 2.24) is 19.9 Å². The molecule has 0 fully saturated rings. The molecular weight excluding hydrogens is 437 g/mol. The third kappa shape index (κ3) is 3.79. The second kappa shape index (κ2) is 7.90. The van der Waals surface area contributed by atoms with Crippen LogP contribution in [0.1, 0.15) is 41.7 Å². The Morgan fingerprint density at radius 3 is 2.09 bits per heavy atom. The molecule has 2 N–H and O–H groups in total. The van der Waals surface area contributed by atoms with Gasteiger partial charge in [-0.3, -0.25) is 4.99 Å². The standard InChI is InChI=1S/C26H21N5.Mn/c1-26(8-10-27-11-9-26)24-15-23-14-21-5-4-19(29-21)12-17-2-3-18(28-17)13-20-6-7-22(30-20)16-25(24)31-23;/h2-8,10-16,29,31H,9H2,1H3;. The summed E-state index contributed by atoms with van der Waals surface area (Å²) in [6, 6.07) is 14.7. The van der Waals surface area contributed by atoms with Gasteiger partial charge in [-0.15, -0.1) is 0 Å². The molecule has 3 aromatic rings. The van der Waals surface area contributed by atoms with E-state index in [1.54, 1.807) is 0 Å². The molecule has 1 radical (unpaired) electrons. The van der Waals surface area contributed by atoms with Gasteiger partial charge in [0, 0.05) is 57.0 Å². The number of hydrogen-bond donors (Lipinski definition) is 2. The van der Waals surface area contributed by atoms with E-state index in [1.807, 2.05) is 42.8 Å². The number of nitrogens with one attached hydrogen (secondary N) is 2. The number of fused-ring (bicyclic) bond motifs is 8. The van der Waals surface area contributed by atoms with Gasteiger partial charge in [0.05, 0.1) is 22.8 Å². The molecular formula is C26H21MnN5. The Hall–Kier alpha value is -3.47. The number of aromatic nitrogens is 4. The maximum Gasteiger partial charge on any atom is 0.0659 e. The summed E-state index contributed by atoms with van der Waals surface area (Å²) in [5.74, 6) is 0. The fourth-order valence-corrected chi connectivity index (χ4v) is 4.27. The summed E-state index contributed by atoms with van der Waals surface area (Å²) in [5.41, 5.74) is 8.94. The summed E-state index contributed by atoms with van der Waals surface area (Å²) in [4.78, 5) is 20.8. The van der Waals surface area contributed by atoms with Crippen LogP contribution in [0.15, 0.2) is 59.7 Å². The van der Waals surface area contributed by atoms with Gasteiger partial charge in [0.15, 0.2) is 0 Å². The summed E-state index contributed by atoms with van der Waals surface area (Å²) >= 11 is 0. The third-order valence-electron chi connectivity index (χ3n) is 5.93. The average molecular weight is 458 g/mol. The van der Waals surface area contributed by atoms with Crippen LogP contribution in [0.4, 0.5) is 0 Å². The number of hydrogen-bond acceptors (Lipinski definition) is 3. The molecule has 32 heavy (non-hydrogen) atoms. The SMILES string of the molecule is CC1(c2cc3cc4ccc(cc5nc(cc6nc(cc2[nH]3)C=C6)C=C5)[nH]4)C=CN=CC1.[Mn]. The number of allylic oxidation sites excluding steroid dienone is 1. The predicted octanol–water partition coefficient (Wildman–Crippen LogP) is 5.90. The molecule has 1 atom stereocenters. The van der Waals surface area contributed by atoms with Crippen molar-refractivity contribution < 1.29 is 17.1 Å². The second-order valence-corrected chi connectivity index (χ2v) is 8.36. The summed E-state index contributed by atoms with van der Waals surface area (Å²) in [6.07, 6.45) is 15.0. The summed E-state index contributed by atoms with van der Waals surface area (Å²) in [7, 11) is 0. The van der Waals surface area contributed by atoms with Gasteiger partial charge in [0.2, 0.25) is 0 Å². The van der Waals surface area contributed by atoms with Crippen LogP contribution in [-0.4, -0.2) is 26.2 Å². The Labute approximate surface area is 196 Å². The molecule has 6 heteroatoms. The van der Waals surface area contributed by atoms with Crippen molar-refractivity contribution in [3.8, 4) is 0 Å². The van der Waals surface area contributed by atoms with Crippen LogP contribution in [0.3, 0.4) is 0 Å². The summed E-state index contributed by atoms with van der Waals surface area (Å²) < 4.78 is 0. The molecule has 0 aromatic carbocycles. The van der Waals surface area contributed by atoms with Crippen LogP contribution in [0, 0.1) is 0 Å². The van der Waals surface area contributed by atoms with Crippen LogP contribution >= 0.6 is 0 Å². The molecule has 8 bridgehead atoms. The molecule has 3 aromatic heterocycles. The second-order valence-electron chi connectivity index (χ2n) is 8.36. The zero-order valence-corrected chi connectivity index (χ0v) is 18.7. The maximum atomic E-state index is 4.79. The Balaban J connectivity index is 0.00000216. The molecule has 157 valence electrons. The predicted molar refractivity (Wildman–Crippen MR) is 128 cm³/mol. The van der Waals surface area contributed by atoms with E-state index in [2.05, 4.69) is 69.3 Å². The summed E-state index contributed by atoms with van der Waals surface area (Å²) in [6.45, 7) is 2.25. The first-order valence-corrected chi connectivity index (χ1v) is 10.4. The molecule has 1 unspecified atom stereocenters. The Kier molecular flexibility index (Phi) is 5.04. The fraction of sp³-hybridized carbons (Fsp3) is 0.115. The number of nitrogens with zero attached hydrogens (tertiary/aromatic N) is 3. The minimum atomic E-state index is -0.120. The quantitative estimate of drug-likeness (QED) is 0.307. The molecule has 0 spiro atoms. The number of aliphatic imine (C=N–C) groups is 1. The van der Waals surface area contributed by atoms with Gasteiger partial charge < -0.3 is 9.97 Å². The topological polar surface area (TPSA) is 69.7 Å². The van der Waals surface area contributed by atoms with Gasteiger partial charge in [0.1, 0.15) is 0 Å². The third-order valence-corrected chi connectivity index (χ3v) is 5.93. The van der Waals surface area contributed by atoms with E-state index < -0.39 is 0 Å². The molecule has 6 rings (SSSR count). The van der Waals surface area contributed by atoms with E-state index in [1.165, 1.54) is 5.56 Å². The molecule has 0 amide bonds. The average Bonchev–Trinajstić information content (AvgIpc) is 3.53. The van der Waals surface area contributed by atoms with Crippen LogP contribution in [0.2, 0.25) is 0 Å². The van der Waals surface area contributed by atoms with E-state index in [0.717, 1.165) is 51.3 Å². The molecule has 0 saturated carbocycles. The van der Waals surface area contributed by atoms with Crippen molar-refractivity contribution in [3.05, 3.63) is 83.1 Å². The van der Waals surface area contributed by atoms with Crippen molar-refractivity contribution in [2.75, 3.05) is 0 Å². The number of H-pyrrole nitrogens is 2. The van der Waals surface area contributed by atoms with E-state index in [0.29, 0.717) is 0 Å². The van der Waals surface area contributed by atoms with Gasteiger partial charge in [-0.2, -0.15) is 0 Å². The van der Waals surface area contributed by atoms with E-state index in [-0.39, 0.29) is 22.5 Å². The molecule has 3 aliphatic rings. The van der Waals surface area contributed by atoms with Crippen LogP contribution in [0.25, 0.3) is 46.4 Å². The Morgan fingerprint density at radius 2 is 1.41 bits per heavy atom. The largest absolute Gasteiger partial charge is 0.355 e. The molecule has 3 aliphatic heterocycles. The van der Waals surface area contributed by atoms with Crippen LogP contribution < -0.4 is 0 Å². The monoisotopic (exact) mass is 458 g/mol. The Bertz CT molecular complexity index is 1480. The van der Waals surface area contributed by atoms with E-state index in [9.17, 15) is 0 Å². The van der Waals surface area contributed by atoms with E-state index in [4.69, 9.17) is 4.98 Å². The Morgan fingerprint density at radius 1 is 0.750 bits per heavy atom. The van der Waals surface area contributed by atoms with Gasteiger partial charge in [-0.05, 0) is 78.8 Å². The minimum Gasteiger partial charge on any atom is -0.355 e. The first kappa shape index (κ1) is 20.4. The zero-order valence-electron chi connectivity index (χ0n) is 17.5. The minimum absolute atomic E-state index is 0. The summed E-state index contributed by atoms with van der Waals surface area (Å²) in [5, 5.41) is 0. The van der Waals surface area contributed by atoms with Gasteiger partial charge in [-0.1, -0.05) is 13.0 Å². The van der Waals surface area contributed by atoms with Gasteiger partial charge in [-0.25, -0.2) is 9.97 Å². The van der Waals surface area contributed by atoms with Crippen molar-refractivity contribution >= 4 is 52.6 Å². The van der Waals surface area contributed by atoms with Gasteiger partial charge >= 0.3 is 0 Å². The van der Waals surface area contributed by atoms with Crippen molar-refractivity contribution in [2.45, 2.75) is 18.8 Å². The number of aromatic amines is 2. The number of rotatable bonds is 1. The van der Waals surface area contributed by atoms with Crippen molar-refractivity contribution in [1.29, 1.82) is 0 Å². The maximum absolute atomic E-state index is 4.79. The zero-order chi connectivity index (χ0) is 20.8. The first-order chi connectivity index (χ1) is 15.1. The smallest absolute Gasteiger partial charge is 0.0659 e. The van der Waals surface area contributed by atoms with E-state index >= 15 is 0 Å². The van der Waals surface area contributed by atoms with Crippen LogP contribution in [0.5, 0.6) is 0 Å². The molecule has 0 saturated heterocycles. The molecule has 6 heterocycles. The van der Waals surface area contributed by atoms with Crippen LogP contribution in [-0.2, 0) is 22.5 Å². The fourth-order valence-electron chi connectivity index (χ4n) is 4.27. The van der Waals surface area contributed by atoms with Crippen molar-refractivity contribution in [3.63, 3.8) is 0 Å². The molecule has 0 aliphatic carbocycles. The van der Waals surface area contributed by atoms with Crippen molar-refractivity contribution in [2.24, 2.45) is 4.99 Å².